The number of ether oxygens (including phenoxy) is 1. The van der Waals surface area contributed by atoms with Gasteiger partial charge in [0.05, 0.1) is 12.3 Å². The Bertz CT molecular complexity index is 589. The summed E-state index contributed by atoms with van der Waals surface area (Å²) in [5, 5.41) is 11.6. The topological polar surface area (TPSA) is 78.9 Å². The molecule has 1 rings (SSSR count). The predicted octanol–water partition coefficient (Wildman–Crippen LogP) is 2.44. The first-order valence-electron chi connectivity index (χ1n) is 6.88. The van der Waals surface area contributed by atoms with Crippen LogP contribution in [-0.4, -0.2) is 42.4 Å². The summed E-state index contributed by atoms with van der Waals surface area (Å²) in [4.78, 5) is 25.1. The van der Waals surface area contributed by atoms with Crippen molar-refractivity contribution >= 4 is 33.6 Å². The molecule has 23 heavy (non-hydrogen) atoms. The smallest absolute Gasteiger partial charge is 0.408 e. The van der Waals surface area contributed by atoms with E-state index in [9.17, 15) is 19.1 Å². The minimum Gasteiger partial charge on any atom is -0.444 e. The Labute approximate surface area is 142 Å². The highest BCUT2D eigenvalue weighted by Crippen LogP contribution is 2.23. The second kappa shape index (κ2) is 7.74. The molecule has 1 atom stereocenters. The van der Waals surface area contributed by atoms with Crippen molar-refractivity contribution in [2.45, 2.75) is 32.4 Å². The average molecular weight is 391 g/mol. The van der Waals surface area contributed by atoms with E-state index in [-0.39, 0.29) is 5.69 Å². The van der Waals surface area contributed by atoms with Crippen molar-refractivity contribution in [3.05, 3.63) is 28.5 Å². The fourth-order valence-corrected chi connectivity index (χ4v) is 2.08. The molecule has 0 radical (unpaired) electrons. The number of likely N-dealkylation sites (N-methyl/N-ethyl adjacent to an activating group) is 1. The van der Waals surface area contributed by atoms with E-state index in [4.69, 9.17) is 4.74 Å². The van der Waals surface area contributed by atoms with E-state index < -0.39 is 36.1 Å². The van der Waals surface area contributed by atoms with Gasteiger partial charge in [-0.1, -0.05) is 15.9 Å². The number of aliphatic hydroxyl groups is 1. The molecule has 0 aliphatic heterocycles. The summed E-state index contributed by atoms with van der Waals surface area (Å²) >= 11 is 3.20. The molecule has 1 aromatic rings. The third-order valence-electron chi connectivity index (χ3n) is 2.77. The van der Waals surface area contributed by atoms with Crippen molar-refractivity contribution in [1.82, 2.24) is 5.32 Å². The predicted molar refractivity (Wildman–Crippen MR) is 87.8 cm³/mol. The number of hydrogen-bond acceptors (Lipinski definition) is 4. The van der Waals surface area contributed by atoms with Crippen LogP contribution in [0.1, 0.15) is 20.8 Å². The van der Waals surface area contributed by atoms with Crippen LogP contribution in [0.4, 0.5) is 14.9 Å². The lowest BCUT2D eigenvalue weighted by atomic mass is 10.2. The number of benzene rings is 1. The van der Waals surface area contributed by atoms with Crippen LogP contribution in [0, 0.1) is 5.82 Å². The third-order valence-corrected chi connectivity index (χ3v) is 3.27. The molecule has 6 nitrogen and oxygen atoms in total. The van der Waals surface area contributed by atoms with Crippen LogP contribution in [0.3, 0.4) is 0 Å². The van der Waals surface area contributed by atoms with Crippen molar-refractivity contribution in [3.8, 4) is 0 Å². The van der Waals surface area contributed by atoms with Gasteiger partial charge in [0.1, 0.15) is 17.5 Å². The Morgan fingerprint density at radius 2 is 2.04 bits per heavy atom. The number of alkyl carbamates (subject to hydrolysis) is 1. The van der Waals surface area contributed by atoms with E-state index in [1.165, 1.54) is 25.2 Å². The number of carbonyl (C=O) groups is 2. The normalized spacial score (nSPS) is 12.5. The number of halogens is 2. The monoisotopic (exact) mass is 390 g/mol. The van der Waals surface area contributed by atoms with Gasteiger partial charge in [-0.2, -0.15) is 0 Å². The van der Waals surface area contributed by atoms with Crippen LogP contribution in [0.2, 0.25) is 0 Å². The van der Waals surface area contributed by atoms with E-state index in [2.05, 4.69) is 21.2 Å². The lowest BCUT2D eigenvalue weighted by Crippen LogP contribution is -2.50. The van der Waals surface area contributed by atoms with Gasteiger partial charge < -0.3 is 20.1 Å². The summed E-state index contributed by atoms with van der Waals surface area (Å²) < 4.78 is 19.5. The molecule has 0 heterocycles. The van der Waals surface area contributed by atoms with Crippen LogP contribution >= 0.6 is 15.9 Å². The Kier molecular flexibility index (Phi) is 6.52. The third kappa shape index (κ3) is 5.80. The number of nitrogens with zero attached hydrogens (tertiary/aromatic N) is 1. The van der Waals surface area contributed by atoms with Gasteiger partial charge in [-0.3, -0.25) is 4.79 Å². The lowest BCUT2D eigenvalue weighted by molar-refractivity contribution is -0.121. The molecule has 8 heteroatoms. The standard InChI is InChI=1S/C15H20BrFN2O4/c1-15(2,3)23-14(22)18-11(8-20)13(21)19(4)12-7-9(16)5-6-10(12)17/h5-7,11,20H,8H2,1-4H3,(H,18,22)/t11-/m0/s1. The van der Waals surface area contributed by atoms with Crippen LogP contribution < -0.4 is 10.2 Å². The van der Waals surface area contributed by atoms with E-state index >= 15 is 0 Å². The maximum absolute atomic E-state index is 13.8. The van der Waals surface area contributed by atoms with E-state index in [1.54, 1.807) is 20.8 Å². The van der Waals surface area contributed by atoms with Crippen LogP contribution in [-0.2, 0) is 9.53 Å². The first-order valence-corrected chi connectivity index (χ1v) is 7.67. The minimum atomic E-state index is -1.24. The highest BCUT2D eigenvalue weighted by molar-refractivity contribution is 9.10. The molecule has 0 fully saturated rings. The molecule has 0 saturated carbocycles. The highest BCUT2D eigenvalue weighted by atomic mass is 79.9. The molecular weight excluding hydrogens is 371 g/mol. The zero-order valence-electron chi connectivity index (χ0n) is 13.4. The number of rotatable bonds is 4. The molecule has 128 valence electrons. The number of amides is 2. The summed E-state index contributed by atoms with van der Waals surface area (Å²) in [7, 11) is 1.35. The molecule has 0 aliphatic carbocycles. The minimum absolute atomic E-state index is 0.0220. The highest BCUT2D eigenvalue weighted by Gasteiger charge is 2.27. The summed E-state index contributed by atoms with van der Waals surface area (Å²) in [6.07, 6.45) is -0.840. The number of hydrogen-bond donors (Lipinski definition) is 2. The Morgan fingerprint density at radius 3 is 2.57 bits per heavy atom. The quantitative estimate of drug-likeness (QED) is 0.827. The van der Waals surface area contributed by atoms with Crippen molar-refractivity contribution in [2.24, 2.45) is 0 Å². The largest absolute Gasteiger partial charge is 0.444 e. The van der Waals surface area contributed by atoms with Gasteiger partial charge in [-0.25, -0.2) is 9.18 Å². The van der Waals surface area contributed by atoms with E-state index in [0.29, 0.717) is 4.47 Å². The van der Waals surface area contributed by atoms with Gasteiger partial charge in [-0.15, -0.1) is 0 Å². The summed E-state index contributed by atoms with van der Waals surface area (Å²) in [6.45, 7) is 4.38. The van der Waals surface area contributed by atoms with E-state index in [0.717, 1.165) is 4.90 Å². The van der Waals surface area contributed by atoms with Crippen molar-refractivity contribution in [2.75, 3.05) is 18.6 Å². The first-order chi connectivity index (χ1) is 10.5. The summed E-state index contributed by atoms with van der Waals surface area (Å²) in [5.41, 5.74) is -0.719. The molecule has 2 N–H and O–H groups in total. The maximum Gasteiger partial charge on any atom is 0.408 e. The van der Waals surface area contributed by atoms with Gasteiger partial charge in [-0.05, 0) is 39.0 Å². The first kappa shape index (κ1) is 19.4. The van der Waals surface area contributed by atoms with Gasteiger partial charge in [0.25, 0.3) is 5.91 Å². The molecule has 2 amide bonds. The second-order valence-corrected chi connectivity index (χ2v) is 6.79. The number of carbonyl (C=O) groups excluding carboxylic acids is 2. The number of nitrogens with one attached hydrogen (secondary N) is 1. The lowest BCUT2D eigenvalue weighted by Gasteiger charge is -2.25. The van der Waals surface area contributed by atoms with Gasteiger partial charge in [0.2, 0.25) is 0 Å². The Morgan fingerprint density at radius 1 is 1.43 bits per heavy atom. The SMILES string of the molecule is CN(C(=O)[C@H](CO)NC(=O)OC(C)(C)C)c1cc(Br)ccc1F. The molecule has 1 aromatic carbocycles. The summed E-state index contributed by atoms with van der Waals surface area (Å²) in [5.74, 6) is -1.27. The molecule has 0 aliphatic rings. The second-order valence-electron chi connectivity index (χ2n) is 5.87. The van der Waals surface area contributed by atoms with Crippen LogP contribution in [0.5, 0.6) is 0 Å². The average Bonchev–Trinajstić information content (AvgIpc) is 2.44. The molecule has 0 spiro atoms. The maximum atomic E-state index is 13.8. The fraction of sp³-hybridized carbons (Fsp3) is 0.467. The zero-order chi connectivity index (χ0) is 17.8. The zero-order valence-corrected chi connectivity index (χ0v) is 15.0. The molecular formula is C15H20BrFN2O4. The molecule has 0 aromatic heterocycles. The Balaban J connectivity index is 2.87. The van der Waals surface area contributed by atoms with Crippen LogP contribution in [0.25, 0.3) is 0 Å². The van der Waals surface area contributed by atoms with E-state index in [1.807, 2.05) is 0 Å². The van der Waals surface area contributed by atoms with Crippen molar-refractivity contribution in [1.29, 1.82) is 0 Å². The molecule has 0 bridgehead atoms. The number of aliphatic hydroxyl groups excluding tert-OH is 1. The van der Waals surface area contributed by atoms with Crippen molar-refractivity contribution < 1.29 is 23.8 Å². The fourth-order valence-electron chi connectivity index (χ4n) is 1.73. The van der Waals surface area contributed by atoms with Gasteiger partial charge in [0, 0.05) is 11.5 Å². The summed E-state index contributed by atoms with van der Waals surface area (Å²) in [6, 6.07) is 2.89. The number of anilines is 1. The van der Waals surface area contributed by atoms with Gasteiger partial charge >= 0.3 is 6.09 Å². The van der Waals surface area contributed by atoms with Crippen molar-refractivity contribution in [3.63, 3.8) is 0 Å². The van der Waals surface area contributed by atoms with Gasteiger partial charge in [0.15, 0.2) is 0 Å². The van der Waals surface area contributed by atoms with Crippen LogP contribution in [0.15, 0.2) is 22.7 Å². The Hall–Kier alpha value is -1.67. The molecule has 0 unspecified atom stereocenters. The molecule has 0 saturated heterocycles.